The van der Waals surface area contributed by atoms with Crippen molar-refractivity contribution in [1.29, 1.82) is 0 Å². The van der Waals surface area contributed by atoms with Crippen LogP contribution in [0.15, 0.2) is 87.5 Å². The van der Waals surface area contributed by atoms with Crippen LogP contribution in [0.3, 0.4) is 0 Å². The zero-order valence-electron chi connectivity index (χ0n) is 20.0. The zero-order chi connectivity index (χ0) is 30.0. The predicted molar refractivity (Wildman–Crippen MR) is 145 cm³/mol. The average molecular weight is 612 g/mol. The lowest BCUT2D eigenvalue weighted by molar-refractivity contribution is 0.102. The standard InChI is InChI=1S/C17H13NO8S2.C6H8N2O3S/c19-14-9-11(27(21,22)23)8-12-15(28(24,25)26)7-6-13(16(12)14)18-17(20)10-4-2-1-3-5-10;7-4-1-2-6(5(8)3-4)12(9,10)11/h1-9,19H,(H,18,20)(H,21,22,23)(H,24,25,26);1-3H,7-8H2,(H,9,10,11). The summed E-state index contributed by atoms with van der Waals surface area (Å²) in [4.78, 5) is 10.6. The molecule has 0 bridgehead atoms. The van der Waals surface area contributed by atoms with E-state index in [1.165, 1.54) is 24.3 Å². The summed E-state index contributed by atoms with van der Waals surface area (Å²) < 4.78 is 94.5. The summed E-state index contributed by atoms with van der Waals surface area (Å²) in [7, 11) is -13.8. The van der Waals surface area contributed by atoms with Gasteiger partial charge in [0.15, 0.2) is 0 Å². The predicted octanol–water partition coefficient (Wildman–Crippen LogP) is 2.39. The van der Waals surface area contributed by atoms with Crippen LogP contribution in [0, 0.1) is 0 Å². The van der Waals surface area contributed by atoms with Gasteiger partial charge in [-0.1, -0.05) is 18.2 Å². The molecular weight excluding hydrogens is 590 g/mol. The first-order chi connectivity index (χ1) is 18.4. The Morgan fingerprint density at radius 1 is 0.700 bits per heavy atom. The number of phenols is 1. The average Bonchev–Trinajstić information content (AvgIpc) is 2.82. The third kappa shape index (κ3) is 7.03. The van der Waals surface area contributed by atoms with E-state index in [-0.39, 0.29) is 27.2 Å². The first kappa shape index (κ1) is 30.3. The highest BCUT2D eigenvalue weighted by Gasteiger charge is 2.23. The summed E-state index contributed by atoms with van der Waals surface area (Å²) in [5.41, 5.74) is 11.1. The first-order valence-electron chi connectivity index (χ1n) is 10.6. The summed E-state index contributed by atoms with van der Waals surface area (Å²) in [6, 6.07) is 15.3. The van der Waals surface area contributed by atoms with E-state index in [2.05, 4.69) is 5.32 Å². The molecule has 212 valence electrons. The van der Waals surface area contributed by atoms with Gasteiger partial charge in [0, 0.05) is 28.1 Å². The molecule has 0 atom stereocenters. The number of rotatable bonds is 5. The number of carbonyl (C=O) groups is 1. The molecule has 1 amide bonds. The molecule has 0 saturated heterocycles. The van der Waals surface area contributed by atoms with Gasteiger partial charge in [0.05, 0.1) is 16.3 Å². The first-order valence-corrected chi connectivity index (χ1v) is 14.9. The Labute approximate surface area is 228 Å². The summed E-state index contributed by atoms with van der Waals surface area (Å²) >= 11 is 0. The molecule has 9 N–H and O–H groups in total. The maximum absolute atomic E-state index is 12.4. The Hall–Kier alpha value is -4.26. The lowest BCUT2D eigenvalue weighted by Crippen LogP contribution is -2.12. The molecule has 17 heteroatoms. The molecule has 0 heterocycles. The van der Waals surface area contributed by atoms with Crippen LogP contribution in [0.5, 0.6) is 5.75 Å². The van der Waals surface area contributed by atoms with Crippen LogP contribution in [0.25, 0.3) is 10.8 Å². The van der Waals surface area contributed by atoms with Crippen molar-refractivity contribution < 1.29 is 48.8 Å². The molecule has 0 fully saturated rings. The number of hydrogen-bond acceptors (Lipinski definition) is 10. The normalized spacial score (nSPS) is 11.9. The largest absolute Gasteiger partial charge is 0.507 e. The van der Waals surface area contributed by atoms with Crippen LogP contribution in [0.1, 0.15) is 10.4 Å². The highest BCUT2D eigenvalue weighted by Crippen LogP contribution is 2.38. The quantitative estimate of drug-likeness (QED) is 0.126. The third-order valence-corrected chi connectivity index (χ3v) is 7.87. The van der Waals surface area contributed by atoms with Crippen LogP contribution in [0.4, 0.5) is 17.1 Å². The fourth-order valence-corrected chi connectivity index (χ4v) is 5.28. The second kappa shape index (κ2) is 11.1. The zero-order valence-corrected chi connectivity index (χ0v) is 22.4. The van der Waals surface area contributed by atoms with Crippen LogP contribution in [-0.4, -0.2) is 49.9 Å². The molecule has 0 unspecified atom stereocenters. The van der Waals surface area contributed by atoms with Crippen molar-refractivity contribution in [3.8, 4) is 5.75 Å². The third-order valence-electron chi connectivity index (χ3n) is 5.20. The van der Waals surface area contributed by atoms with Gasteiger partial charge in [0.25, 0.3) is 36.3 Å². The van der Waals surface area contributed by atoms with Gasteiger partial charge in [-0.15, -0.1) is 0 Å². The van der Waals surface area contributed by atoms with Crippen molar-refractivity contribution in [3.63, 3.8) is 0 Å². The molecule has 40 heavy (non-hydrogen) atoms. The van der Waals surface area contributed by atoms with Gasteiger partial charge < -0.3 is 21.9 Å². The molecule has 0 aromatic heterocycles. The molecule has 0 radical (unpaired) electrons. The van der Waals surface area contributed by atoms with E-state index in [9.17, 15) is 44.3 Å². The highest BCUT2D eigenvalue weighted by molar-refractivity contribution is 7.86. The molecule has 4 rings (SSSR count). The number of benzene rings is 4. The fourth-order valence-electron chi connectivity index (χ4n) is 3.47. The van der Waals surface area contributed by atoms with Crippen molar-refractivity contribution in [2.24, 2.45) is 0 Å². The minimum absolute atomic E-state index is 0.0318. The molecular formula is C23H21N3O11S3. The van der Waals surface area contributed by atoms with E-state index in [4.69, 9.17) is 16.0 Å². The molecule has 0 aliphatic heterocycles. The highest BCUT2D eigenvalue weighted by atomic mass is 32.2. The number of phenolic OH excluding ortho intramolecular Hbond substituents is 1. The number of aromatic hydroxyl groups is 1. The summed E-state index contributed by atoms with van der Waals surface area (Å²) in [5.74, 6) is -1.29. The molecule has 0 aliphatic carbocycles. The summed E-state index contributed by atoms with van der Waals surface area (Å²) in [6.07, 6.45) is 0. The lowest BCUT2D eigenvalue weighted by atomic mass is 10.1. The van der Waals surface area contributed by atoms with Gasteiger partial charge in [-0.2, -0.15) is 25.3 Å². The lowest BCUT2D eigenvalue weighted by Gasteiger charge is -2.13. The number of nitrogens with one attached hydrogen (secondary N) is 1. The summed E-state index contributed by atoms with van der Waals surface area (Å²) in [5, 5.41) is 12.1. The van der Waals surface area contributed by atoms with E-state index >= 15 is 0 Å². The summed E-state index contributed by atoms with van der Waals surface area (Å²) in [6.45, 7) is 0. The number of nitrogen functional groups attached to an aromatic ring is 2. The van der Waals surface area contributed by atoms with Crippen LogP contribution in [-0.2, 0) is 30.4 Å². The molecule has 4 aromatic rings. The molecule has 0 aliphatic rings. The van der Waals surface area contributed by atoms with Crippen molar-refractivity contribution in [2.75, 3.05) is 16.8 Å². The molecule has 14 nitrogen and oxygen atoms in total. The molecule has 4 aromatic carbocycles. The Morgan fingerprint density at radius 2 is 1.27 bits per heavy atom. The number of hydrogen-bond donors (Lipinski definition) is 7. The maximum Gasteiger partial charge on any atom is 0.296 e. The van der Waals surface area contributed by atoms with E-state index in [0.717, 1.165) is 24.3 Å². The Balaban J connectivity index is 0.000000307. The molecule has 0 saturated carbocycles. The molecule has 0 spiro atoms. The van der Waals surface area contributed by atoms with Crippen LogP contribution >= 0.6 is 0 Å². The SMILES string of the molecule is Nc1ccc(S(=O)(=O)O)c(N)c1.O=C(Nc1ccc(S(=O)(=O)O)c2cc(S(=O)(=O)O)cc(O)c12)c1ccccc1. The van der Waals surface area contributed by atoms with Gasteiger partial charge in [0.1, 0.15) is 15.5 Å². The monoisotopic (exact) mass is 611 g/mol. The number of fused-ring (bicyclic) bond motifs is 1. The van der Waals surface area contributed by atoms with Crippen LogP contribution in [0.2, 0.25) is 0 Å². The maximum atomic E-state index is 12.4. The van der Waals surface area contributed by atoms with Gasteiger partial charge in [-0.3, -0.25) is 18.5 Å². The Kier molecular flexibility index (Phi) is 8.39. The Bertz CT molecular complexity index is 1940. The van der Waals surface area contributed by atoms with Gasteiger partial charge >= 0.3 is 0 Å². The number of nitrogens with two attached hydrogens (primary N) is 2. The van der Waals surface area contributed by atoms with E-state index in [1.807, 2.05) is 0 Å². The van der Waals surface area contributed by atoms with Crippen LogP contribution < -0.4 is 16.8 Å². The topological polar surface area (TPSA) is 264 Å². The fraction of sp³-hybridized carbons (Fsp3) is 0. The number of carbonyl (C=O) groups excluding carboxylic acids is 1. The second-order valence-electron chi connectivity index (χ2n) is 8.02. The minimum Gasteiger partial charge on any atom is -0.507 e. The second-order valence-corrected chi connectivity index (χ2v) is 12.2. The van der Waals surface area contributed by atoms with Gasteiger partial charge in [-0.25, -0.2) is 0 Å². The smallest absolute Gasteiger partial charge is 0.296 e. The van der Waals surface area contributed by atoms with E-state index in [1.54, 1.807) is 18.2 Å². The van der Waals surface area contributed by atoms with Crippen molar-refractivity contribution in [1.82, 2.24) is 0 Å². The Morgan fingerprint density at radius 3 is 1.80 bits per heavy atom. The number of amides is 1. The van der Waals surface area contributed by atoms with E-state index in [0.29, 0.717) is 11.8 Å². The minimum atomic E-state index is -4.81. The number of anilines is 3. The van der Waals surface area contributed by atoms with Gasteiger partial charge in [0.2, 0.25) is 0 Å². The van der Waals surface area contributed by atoms with Gasteiger partial charge in [-0.05, 0) is 48.5 Å². The van der Waals surface area contributed by atoms with E-state index < -0.39 is 57.2 Å². The van der Waals surface area contributed by atoms with Crippen molar-refractivity contribution in [3.05, 3.63) is 78.4 Å². The van der Waals surface area contributed by atoms with Crippen molar-refractivity contribution in [2.45, 2.75) is 14.7 Å². The van der Waals surface area contributed by atoms with Crippen molar-refractivity contribution >= 4 is 64.1 Å².